The lowest BCUT2D eigenvalue weighted by Crippen LogP contribution is -2.42. The first-order valence-electron chi connectivity index (χ1n) is 6.75. The minimum absolute atomic E-state index is 0.147. The van der Waals surface area contributed by atoms with E-state index in [4.69, 9.17) is 0 Å². The molecule has 96 valence electrons. The van der Waals surface area contributed by atoms with Crippen molar-refractivity contribution in [3.05, 3.63) is 42.2 Å². The van der Waals surface area contributed by atoms with Gasteiger partial charge >= 0.3 is 0 Å². The number of aromatic amines is 1. The molecule has 1 aromatic carbocycles. The molecule has 4 rings (SSSR count). The Morgan fingerprint density at radius 3 is 3.21 bits per heavy atom. The van der Waals surface area contributed by atoms with Gasteiger partial charge in [0, 0.05) is 11.6 Å². The molecule has 1 fully saturated rings. The van der Waals surface area contributed by atoms with E-state index in [9.17, 15) is 4.79 Å². The summed E-state index contributed by atoms with van der Waals surface area (Å²) in [5.41, 5.74) is 2.58. The summed E-state index contributed by atoms with van der Waals surface area (Å²) in [4.78, 5) is 22.0. The highest BCUT2D eigenvalue weighted by Gasteiger charge is 2.37. The van der Waals surface area contributed by atoms with E-state index >= 15 is 0 Å². The summed E-state index contributed by atoms with van der Waals surface area (Å²) in [7, 11) is 0. The lowest BCUT2D eigenvalue weighted by molar-refractivity contribution is 0.0689. The van der Waals surface area contributed by atoms with Gasteiger partial charge < -0.3 is 9.88 Å². The second-order valence-corrected chi connectivity index (χ2v) is 5.31. The Labute approximate surface area is 111 Å². The van der Waals surface area contributed by atoms with Crippen molar-refractivity contribution < 1.29 is 4.79 Å². The number of nitrogens with one attached hydrogen (secondary N) is 1. The van der Waals surface area contributed by atoms with Crippen molar-refractivity contribution in [2.75, 3.05) is 0 Å². The minimum atomic E-state index is 0.147. The largest absolute Gasteiger partial charge is 0.345 e. The molecule has 2 unspecified atom stereocenters. The van der Waals surface area contributed by atoms with Gasteiger partial charge in [-0.25, -0.2) is 4.98 Å². The van der Waals surface area contributed by atoms with Crippen molar-refractivity contribution >= 4 is 16.9 Å². The van der Waals surface area contributed by atoms with Crippen molar-refractivity contribution in [3.8, 4) is 0 Å². The lowest BCUT2D eigenvalue weighted by atomic mass is 10.1. The molecular formula is C15H15N3O. The number of fused-ring (bicyclic) bond motifs is 3. The first-order chi connectivity index (χ1) is 9.33. The van der Waals surface area contributed by atoms with Crippen molar-refractivity contribution in [2.24, 2.45) is 0 Å². The number of imidazole rings is 1. The predicted octanol–water partition coefficient (Wildman–Crippen LogP) is 2.50. The SMILES string of the molecule is O=C(c1ccc2nc[nH]c2c1)N1C2C=CCC1CC2. The number of aromatic nitrogens is 2. The van der Waals surface area contributed by atoms with Crippen LogP contribution in [0.1, 0.15) is 29.6 Å². The number of nitrogens with zero attached hydrogens (tertiary/aromatic N) is 2. The van der Waals surface area contributed by atoms with Crippen molar-refractivity contribution in [1.82, 2.24) is 14.9 Å². The molecule has 2 aliphatic rings. The maximum atomic E-state index is 12.7. The Balaban J connectivity index is 1.71. The molecule has 2 atom stereocenters. The average Bonchev–Trinajstić information content (AvgIpc) is 2.99. The molecule has 0 aliphatic carbocycles. The molecule has 2 aromatic rings. The number of hydrogen-bond acceptors (Lipinski definition) is 2. The first-order valence-corrected chi connectivity index (χ1v) is 6.75. The Kier molecular flexibility index (Phi) is 2.24. The molecule has 2 aliphatic heterocycles. The van der Waals surface area contributed by atoms with Gasteiger partial charge in [0.1, 0.15) is 0 Å². The van der Waals surface area contributed by atoms with Crippen LogP contribution < -0.4 is 0 Å². The molecular weight excluding hydrogens is 238 g/mol. The van der Waals surface area contributed by atoms with Crippen LogP contribution in [0.3, 0.4) is 0 Å². The van der Waals surface area contributed by atoms with E-state index < -0.39 is 0 Å². The van der Waals surface area contributed by atoms with Crippen molar-refractivity contribution in [1.29, 1.82) is 0 Å². The molecule has 4 heteroatoms. The van der Waals surface area contributed by atoms with Gasteiger partial charge in [-0.1, -0.05) is 12.2 Å². The zero-order valence-corrected chi connectivity index (χ0v) is 10.5. The summed E-state index contributed by atoms with van der Waals surface area (Å²) in [6.07, 6.45) is 9.26. The van der Waals surface area contributed by atoms with Crippen LogP contribution in [-0.2, 0) is 0 Å². The standard InChI is InChI=1S/C15H15N3O/c19-15(18-11-2-1-3-12(18)6-5-11)10-4-7-13-14(8-10)17-9-16-13/h1-2,4,7-9,11-12H,3,5-6H2,(H,16,17). The molecule has 2 bridgehead atoms. The lowest BCUT2D eigenvalue weighted by Gasteiger charge is -2.31. The predicted molar refractivity (Wildman–Crippen MR) is 72.8 cm³/mol. The molecule has 0 saturated carbocycles. The summed E-state index contributed by atoms with van der Waals surface area (Å²) in [6.45, 7) is 0. The highest BCUT2D eigenvalue weighted by molar-refractivity contribution is 5.98. The number of carbonyl (C=O) groups excluding carboxylic acids is 1. The molecule has 3 heterocycles. The summed E-state index contributed by atoms with van der Waals surface area (Å²) in [5, 5.41) is 0. The average molecular weight is 253 g/mol. The topological polar surface area (TPSA) is 49.0 Å². The summed E-state index contributed by atoms with van der Waals surface area (Å²) < 4.78 is 0. The summed E-state index contributed by atoms with van der Waals surface area (Å²) in [5.74, 6) is 0.147. The third kappa shape index (κ3) is 1.59. The van der Waals surface area contributed by atoms with Gasteiger partial charge in [0.25, 0.3) is 5.91 Å². The highest BCUT2D eigenvalue weighted by atomic mass is 16.2. The molecule has 1 N–H and O–H groups in total. The second-order valence-electron chi connectivity index (χ2n) is 5.31. The fraction of sp³-hybridized carbons (Fsp3) is 0.333. The van der Waals surface area contributed by atoms with Gasteiger partial charge in [-0.15, -0.1) is 0 Å². The summed E-state index contributed by atoms with van der Waals surface area (Å²) >= 11 is 0. The molecule has 1 saturated heterocycles. The first kappa shape index (κ1) is 10.8. The van der Waals surface area contributed by atoms with E-state index in [-0.39, 0.29) is 5.91 Å². The van der Waals surface area contributed by atoms with Gasteiger partial charge in [0.05, 0.1) is 23.4 Å². The van der Waals surface area contributed by atoms with E-state index in [1.807, 2.05) is 18.2 Å². The fourth-order valence-corrected chi connectivity index (χ4v) is 3.26. The Hall–Kier alpha value is -2.10. The number of rotatable bonds is 1. The minimum Gasteiger partial charge on any atom is -0.345 e. The fourth-order valence-electron chi connectivity index (χ4n) is 3.26. The Morgan fingerprint density at radius 2 is 2.32 bits per heavy atom. The van der Waals surface area contributed by atoms with E-state index in [0.29, 0.717) is 12.1 Å². The zero-order chi connectivity index (χ0) is 12.8. The van der Waals surface area contributed by atoms with Crippen LogP contribution in [0.5, 0.6) is 0 Å². The zero-order valence-electron chi connectivity index (χ0n) is 10.5. The number of H-pyrrole nitrogens is 1. The normalized spacial score (nSPS) is 25.2. The number of carbonyl (C=O) groups is 1. The number of amides is 1. The van der Waals surface area contributed by atoms with Crippen LogP contribution in [0.4, 0.5) is 0 Å². The van der Waals surface area contributed by atoms with Crippen LogP contribution in [-0.4, -0.2) is 32.9 Å². The Morgan fingerprint density at radius 1 is 1.37 bits per heavy atom. The van der Waals surface area contributed by atoms with Crippen LogP contribution >= 0.6 is 0 Å². The van der Waals surface area contributed by atoms with Gasteiger partial charge in [0.15, 0.2) is 0 Å². The molecule has 0 radical (unpaired) electrons. The molecule has 19 heavy (non-hydrogen) atoms. The van der Waals surface area contributed by atoms with E-state index in [1.165, 1.54) is 0 Å². The van der Waals surface area contributed by atoms with Crippen LogP contribution in [0.2, 0.25) is 0 Å². The van der Waals surface area contributed by atoms with E-state index in [2.05, 4.69) is 27.0 Å². The van der Waals surface area contributed by atoms with E-state index in [0.717, 1.165) is 35.9 Å². The number of hydrogen-bond donors (Lipinski definition) is 1. The monoisotopic (exact) mass is 253 g/mol. The quantitative estimate of drug-likeness (QED) is 0.794. The van der Waals surface area contributed by atoms with Gasteiger partial charge in [0.2, 0.25) is 0 Å². The van der Waals surface area contributed by atoms with Crippen molar-refractivity contribution in [3.63, 3.8) is 0 Å². The van der Waals surface area contributed by atoms with Crippen molar-refractivity contribution in [2.45, 2.75) is 31.3 Å². The molecule has 0 spiro atoms. The third-order valence-electron chi connectivity index (χ3n) is 4.21. The second kappa shape index (κ2) is 3.95. The van der Waals surface area contributed by atoms with Gasteiger partial charge in [-0.05, 0) is 37.5 Å². The van der Waals surface area contributed by atoms with Crippen LogP contribution in [0.15, 0.2) is 36.7 Å². The maximum Gasteiger partial charge on any atom is 0.254 e. The molecule has 1 amide bonds. The smallest absolute Gasteiger partial charge is 0.254 e. The van der Waals surface area contributed by atoms with Crippen LogP contribution in [0.25, 0.3) is 11.0 Å². The molecule has 1 aromatic heterocycles. The highest BCUT2D eigenvalue weighted by Crippen LogP contribution is 2.33. The summed E-state index contributed by atoms with van der Waals surface area (Å²) in [6, 6.07) is 6.37. The number of benzene rings is 1. The molecule has 4 nitrogen and oxygen atoms in total. The van der Waals surface area contributed by atoms with Gasteiger partial charge in [-0.2, -0.15) is 0 Å². The van der Waals surface area contributed by atoms with E-state index in [1.54, 1.807) is 6.33 Å². The third-order valence-corrected chi connectivity index (χ3v) is 4.21. The maximum absolute atomic E-state index is 12.7. The Bertz CT molecular complexity index is 673. The van der Waals surface area contributed by atoms with Gasteiger partial charge in [-0.3, -0.25) is 4.79 Å². The van der Waals surface area contributed by atoms with Crippen LogP contribution in [0, 0.1) is 0 Å².